The molecule has 1 aromatic rings. The van der Waals surface area contributed by atoms with Gasteiger partial charge in [0.2, 0.25) is 0 Å². The number of rotatable bonds is 4. The Kier molecular flexibility index (Phi) is 5.31. The second kappa shape index (κ2) is 7.37. The molecule has 146 valence electrons. The Bertz CT molecular complexity index is 769. The van der Waals surface area contributed by atoms with Crippen molar-refractivity contribution in [2.75, 3.05) is 7.11 Å². The molecule has 1 unspecified atom stereocenters. The minimum atomic E-state index is -0.702. The zero-order valence-electron chi connectivity index (χ0n) is 16.6. The van der Waals surface area contributed by atoms with Crippen LogP contribution in [0.4, 0.5) is 0 Å². The van der Waals surface area contributed by atoms with Crippen molar-refractivity contribution in [1.29, 1.82) is 0 Å². The lowest BCUT2D eigenvalue weighted by molar-refractivity contribution is -0.132. The van der Waals surface area contributed by atoms with E-state index in [1.807, 2.05) is 45.0 Å². The summed E-state index contributed by atoms with van der Waals surface area (Å²) in [6.45, 7) is 5.42. The zero-order valence-corrected chi connectivity index (χ0v) is 16.6. The highest BCUT2D eigenvalue weighted by molar-refractivity contribution is 6.10. The van der Waals surface area contributed by atoms with Crippen LogP contribution < -0.4 is 4.74 Å². The highest BCUT2D eigenvalue weighted by atomic mass is 16.5. The molecule has 0 bridgehead atoms. The number of aliphatic hydroxyl groups is 1. The molecular weight excluding hydrogens is 342 g/mol. The van der Waals surface area contributed by atoms with Gasteiger partial charge in [-0.25, -0.2) is 0 Å². The molecule has 1 N–H and O–H groups in total. The monoisotopic (exact) mass is 371 g/mol. The summed E-state index contributed by atoms with van der Waals surface area (Å²) in [5, 5.41) is 10.7. The summed E-state index contributed by atoms with van der Waals surface area (Å²) in [5.74, 6) is -0.436. The van der Waals surface area contributed by atoms with Gasteiger partial charge in [0.05, 0.1) is 18.7 Å². The Balaban J connectivity index is 2.15. The van der Waals surface area contributed by atoms with Crippen LogP contribution in [0.15, 0.2) is 35.6 Å². The number of carbonyl (C=O) groups is 2. The molecule has 3 rings (SSSR count). The largest absolute Gasteiger partial charge is 0.503 e. The first-order chi connectivity index (χ1) is 12.8. The molecule has 1 aromatic carbocycles. The highest BCUT2D eigenvalue weighted by Crippen LogP contribution is 2.46. The van der Waals surface area contributed by atoms with E-state index in [0.29, 0.717) is 5.75 Å². The fourth-order valence-electron chi connectivity index (χ4n) is 4.19. The topological polar surface area (TPSA) is 66.8 Å². The minimum absolute atomic E-state index is 0.0218. The van der Waals surface area contributed by atoms with E-state index in [1.54, 1.807) is 12.0 Å². The van der Waals surface area contributed by atoms with E-state index in [9.17, 15) is 14.7 Å². The molecule has 1 atom stereocenters. The Morgan fingerprint density at radius 3 is 2.37 bits per heavy atom. The summed E-state index contributed by atoms with van der Waals surface area (Å²) in [6.07, 6.45) is 5.04. The van der Waals surface area contributed by atoms with Gasteiger partial charge in [-0.2, -0.15) is 0 Å². The van der Waals surface area contributed by atoms with Crippen molar-refractivity contribution in [3.05, 3.63) is 41.2 Å². The third kappa shape index (κ3) is 3.47. The maximum absolute atomic E-state index is 13.2. The number of Topliss-reactive ketones (excluding diaryl/α,β-unsaturated/α-hetero) is 1. The predicted molar refractivity (Wildman–Crippen MR) is 104 cm³/mol. The van der Waals surface area contributed by atoms with Crippen LogP contribution in [0.3, 0.4) is 0 Å². The molecule has 0 saturated heterocycles. The van der Waals surface area contributed by atoms with Crippen molar-refractivity contribution in [3.63, 3.8) is 0 Å². The minimum Gasteiger partial charge on any atom is -0.503 e. The maximum atomic E-state index is 13.2. The van der Waals surface area contributed by atoms with Gasteiger partial charge in [0, 0.05) is 17.0 Å². The number of para-hydroxylation sites is 1. The van der Waals surface area contributed by atoms with Crippen LogP contribution in [-0.4, -0.2) is 34.8 Å². The number of amides is 1. The molecule has 1 heterocycles. The normalized spacial score (nSPS) is 21.7. The van der Waals surface area contributed by atoms with Crippen LogP contribution in [0.25, 0.3) is 0 Å². The average molecular weight is 371 g/mol. The summed E-state index contributed by atoms with van der Waals surface area (Å²) < 4.78 is 5.52. The molecule has 1 fully saturated rings. The predicted octanol–water partition coefficient (Wildman–Crippen LogP) is 4.34. The van der Waals surface area contributed by atoms with E-state index in [2.05, 4.69) is 0 Å². The highest BCUT2D eigenvalue weighted by Gasteiger charge is 2.49. The quantitative estimate of drug-likeness (QED) is 0.855. The SMILES string of the molecule is COc1ccccc1C1C(C(=O)C(C)(C)C)=C(O)C(=O)N1C1CCCCC1. The number of nitrogens with zero attached hydrogens (tertiary/aromatic N) is 1. The molecule has 1 saturated carbocycles. The van der Waals surface area contributed by atoms with Crippen LogP contribution in [0.2, 0.25) is 0 Å². The zero-order chi connectivity index (χ0) is 19.8. The smallest absolute Gasteiger partial charge is 0.290 e. The molecule has 1 aliphatic heterocycles. The fraction of sp³-hybridized carbons (Fsp3) is 0.545. The van der Waals surface area contributed by atoms with Crippen molar-refractivity contribution in [2.24, 2.45) is 5.41 Å². The number of benzene rings is 1. The lowest BCUT2D eigenvalue weighted by atomic mass is 9.81. The number of hydrogen-bond donors (Lipinski definition) is 1. The van der Waals surface area contributed by atoms with Gasteiger partial charge in [0.15, 0.2) is 11.5 Å². The summed E-state index contributed by atoms with van der Waals surface area (Å²) in [5.41, 5.74) is 0.241. The van der Waals surface area contributed by atoms with E-state index >= 15 is 0 Å². The number of aliphatic hydroxyl groups excluding tert-OH is 1. The van der Waals surface area contributed by atoms with Crippen molar-refractivity contribution >= 4 is 11.7 Å². The number of ether oxygens (including phenoxy) is 1. The Hall–Kier alpha value is -2.30. The first kappa shape index (κ1) is 19.5. The second-order valence-corrected chi connectivity index (χ2v) is 8.49. The van der Waals surface area contributed by atoms with Crippen LogP contribution in [0.1, 0.15) is 64.5 Å². The van der Waals surface area contributed by atoms with Gasteiger partial charge in [-0.15, -0.1) is 0 Å². The van der Waals surface area contributed by atoms with E-state index in [4.69, 9.17) is 4.74 Å². The second-order valence-electron chi connectivity index (χ2n) is 8.49. The van der Waals surface area contributed by atoms with E-state index < -0.39 is 23.1 Å². The van der Waals surface area contributed by atoms with Gasteiger partial charge >= 0.3 is 0 Å². The molecular formula is C22H29NO4. The Morgan fingerprint density at radius 1 is 1.15 bits per heavy atom. The average Bonchev–Trinajstić information content (AvgIpc) is 2.92. The van der Waals surface area contributed by atoms with E-state index in [-0.39, 0.29) is 17.4 Å². The first-order valence-corrected chi connectivity index (χ1v) is 9.71. The van der Waals surface area contributed by atoms with E-state index in [1.165, 1.54) is 0 Å². The molecule has 2 aliphatic rings. The van der Waals surface area contributed by atoms with Crippen LogP contribution >= 0.6 is 0 Å². The molecule has 1 aliphatic carbocycles. The summed E-state index contributed by atoms with van der Waals surface area (Å²) in [7, 11) is 1.58. The first-order valence-electron chi connectivity index (χ1n) is 9.71. The summed E-state index contributed by atoms with van der Waals surface area (Å²) >= 11 is 0. The molecule has 27 heavy (non-hydrogen) atoms. The maximum Gasteiger partial charge on any atom is 0.290 e. The van der Waals surface area contributed by atoms with Gasteiger partial charge in [-0.05, 0) is 18.9 Å². The van der Waals surface area contributed by atoms with E-state index in [0.717, 1.165) is 37.7 Å². The molecule has 0 radical (unpaired) electrons. The van der Waals surface area contributed by atoms with Gasteiger partial charge in [0.25, 0.3) is 5.91 Å². The van der Waals surface area contributed by atoms with Gasteiger partial charge in [0.1, 0.15) is 5.75 Å². The van der Waals surface area contributed by atoms with Crippen molar-refractivity contribution in [1.82, 2.24) is 4.90 Å². The van der Waals surface area contributed by atoms with Gasteiger partial charge in [-0.1, -0.05) is 58.2 Å². The third-order valence-corrected chi connectivity index (χ3v) is 5.57. The third-order valence-electron chi connectivity index (χ3n) is 5.57. The molecule has 0 spiro atoms. The van der Waals surface area contributed by atoms with Crippen LogP contribution in [-0.2, 0) is 9.59 Å². The molecule has 5 nitrogen and oxygen atoms in total. The Labute approximate surface area is 161 Å². The molecule has 5 heteroatoms. The van der Waals surface area contributed by atoms with Crippen molar-refractivity contribution in [2.45, 2.75) is 65.0 Å². The fourth-order valence-corrected chi connectivity index (χ4v) is 4.19. The summed E-state index contributed by atoms with van der Waals surface area (Å²) in [6, 6.07) is 6.85. The van der Waals surface area contributed by atoms with Crippen LogP contribution in [0, 0.1) is 5.41 Å². The number of hydrogen-bond acceptors (Lipinski definition) is 4. The Morgan fingerprint density at radius 2 is 1.78 bits per heavy atom. The van der Waals surface area contributed by atoms with Crippen molar-refractivity contribution < 1.29 is 19.4 Å². The van der Waals surface area contributed by atoms with Crippen LogP contribution in [0.5, 0.6) is 5.75 Å². The summed E-state index contributed by atoms with van der Waals surface area (Å²) in [4.78, 5) is 28.0. The lowest BCUT2D eigenvalue weighted by Crippen LogP contribution is -2.41. The standard InChI is InChI=1S/C22H29NO4/c1-22(2,3)20(25)17-18(15-12-8-9-13-16(15)27-4)23(21(26)19(17)24)14-10-6-5-7-11-14/h8-9,12-14,18,24H,5-7,10-11H2,1-4H3. The number of methoxy groups -OCH3 is 1. The molecule has 1 amide bonds. The number of ketones is 1. The van der Waals surface area contributed by atoms with Gasteiger partial charge in [-0.3, -0.25) is 9.59 Å². The lowest BCUT2D eigenvalue weighted by Gasteiger charge is -2.37. The van der Waals surface area contributed by atoms with Crippen molar-refractivity contribution in [3.8, 4) is 5.75 Å². The number of carbonyl (C=O) groups excluding carboxylic acids is 2. The molecule has 0 aromatic heterocycles. The van der Waals surface area contributed by atoms with Gasteiger partial charge < -0.3 is 14.7 Å².